The van der Waals surface area contributed by atoms with E-state index in [0.717, 1.165) is 18.5 Å². The third-order valence-corrected chi connectivity index (χ3v) is 5.12. The van der Waals surface area contributed by atoms with Crippen LogP contribution < -0.4 is 15.4 Å². The van der Waals surface area contributed by atoms with Crippen LogP contribution in [0.5, 0.6) is 11.6 Å². The molecule has 29 heavy (non-hydrogen) atoms. The van der Waals surface area contributed by atoms with Gasteiger partial charge in [0.1, 0.15) is 11.6 Å². The maximum Gasteiger partial charge on any atom is 0.315 e. The second kappa shape index (κ2) is 10.8. The Hall–Kier alpha value is -2.67. The van der Waals surface area contributed by atoms with E-state index in [1.807, 2.05) is 6.07 Å². The first kappa shape index (κ1) is 21.0. The smallest absolute Gasteiger partial charge is 0.315 e. The number of benzene rings is 1. The number of rotatable bonds is 8. The van der Waals surface area contributed by atoms with E-state index in [2.05, 4.69) is 27.4 Å². The van der Waals surface area contributed by atoms with Gasteiger partial charge in [-0.3, -0.25) is 0 Å². The number of ether oxygens (including phenoxy) is 1. The second-order valence-electron chi connectivity index (χ2n) is 7.41. The molecule has 156 valence electrons. The van der Waals surface area contributed by atoms with Crippen LogP contribution in [-0.4, -0.2) is 41.6 Å². The van der Waals surface area contributed by atoms with Gasteiger partial charge in [0.05, 0.1) is 0 Å². The van der Waals surface area contributed by atoms with Crippen molar-refractivity contribution in [2.75, 3.05) is 19.6 Å². The van der Waals surface area contributed by atoms with Crippen LogP contribution in [0.2, 0.25) is 0 Å². The number of pyridine rings is 1. The Kier molecular flexibility index (Phi) is 7.81. The molecule has 0 radical (unpaired) electrons. The number of nitrogens with zero attached hydrogens (tertiary/aromatic N) is 2. The molecule has 1 aliphatic heterocycles. The van der Waals surface area contributed by atoms with Crippen molar-refractivity contribution in [1.82, 2.24) is 20.5 Å². The van der Waals surface area contributed by atoms with Crippen molar-refractivity contribution in [2.45, 2.75) is 45.2 Å². The molecule has 1 saturated heterocycles. The van der Waals surface area contributed by atoms with E-state index in [9.17, 15) is 9.18 Å². The lowest BCUT2D eigenvalue weighted by Crippen LogP contribution is -2.40. The van der Waals surface area contributed by atoms with E-state index in [-0.39, 0.29) is 11.8 Å². The molecule has 2 N–H and O–H groups in total. The Morgan fingerprint density at radius 1 is 1.28 bits per heavy atom. The number of urea groups is 1. The summed E-state index contributed by atoms with van der Waals surface area (Å²) in [6.45, 7) is 5.51. The van der Waals surface area contributed by atoms with Crippen LogP contribution in [0.25, 0.3) is 0 Å². The van der Waals surface area contributed by atoms with Crippen molar-refractivity contribution in [3.8, 4) is 11.6 Å². The van der Waals surface area contributed by atoms with Crippen LogP contribution in [0.1, 0.15) is 38.2 Å². The normalized spacial score (nSPS) is 17.0. The van der Waals surface area contributed by atoms with E-state index >= 15 is 0 Å². The highest BCUT2D eigenvalue weighted by molar-refractivity contribution is 5.73. The molecule has 1 aromatic heterocycles. The van der Waals surface area contributed by atoms with Gasteiger partial charge < -0.3 is 20.3 Å². The molecule has 0 spiro atoms. The number of carbonyl (C=O) groups is 1. The lowest BCUT2D eigenvalue weighted by molar-refractivity contribution is 0.159. The lowest BCUT2D eigenvalue weighted by Gasteiger charge is -2.33. The number of carbonyl (C=O) groups excluding carboxylic acids is 1. The molecule has 7 heteroatoms. The molecule has 0 aliphatic carbocycles. The SMILES string of the molecule is CC1CCCCN1CCCNC(=O)NCc1ccc(Oc2cccc(F)c2)nc1. The highest BCUT2D eigenvalue weighted by Gasteiger charge is 2.17. The van der Waals surface area contributed by atoms with Gasteiger partial charge in [-0.05, 0) is 50.4 Å². The molecule has 2 heterocycles. The fourth-order valence-electron chi connectivity index (χ4n) is 3.45. The molecular formula is C22H29FN4O2. The van der Waals surface area contributed by atoms with Crippen LogP contribution in [0, 0.1) is 5.82 Å². The largest absolute Gasteiger partial charge is 0.439 e. The highest BCUT2D eigenvalue weighted by Crippen LogP contribution is 2.20. The minimum absolute atomic E-state index is 0.184. The maximum atomic E-state index is 13.2. The van der Waals surface area contributed by atoms with Crippen molar-refractivity contribution >= 4 is 6.03 Å². The first-order valence-corrected chi connectivity index (χ1v) is 10.2. The van der Waals surface area contributed by atoms with Crippen molar-refractivity contribution in [3.63, 3.8) is 0 Å². The molecule has 1 aliphatic rings. The average molecular weight is 400 g/mol. The minimum Gasteiger partial charge on any atom is -0.439 e. The van der Waals surface area contributed by atoms with Crippen molar-refractivity contribution in [2.24, 2.45) is 0 Å². The number of likely N-dealkylation sites (tertiary alicyclic amines) is 1. The molecular weight excluding hydrogens is 371 g/mol. The second-order valence-corrected chi connectivity index (χ2v) is 7.41. The first-order valence-electron chi connectivity index (χ1n) is 10.2. The van der Waals surface area contributed by atoms with Crippen molar-refractivity contribution < 1.29 is 13.9 Å². The zero-order chi connectivity index (χ0) is 20.5. The van der Waals surface area contributed by atoms with Crippen LogP contribution >= 0.6 is 0 Å². The molecule has 0 saturated carbocycles. The zero-order valence-electron chi connectivity index (χ0n) is 16.9. The summed E-state index contributed by atoms with van der Waals surface area (Å²) in [7, 11) is 0. The molecule has 2 aromatic rings. The van der Waals surface area contributed by atoms with E-state index in [1.54, 1.807) is 24.4 Å². The Morgan fingerprint density at radius 2 is 2.17 bits per heavy atom. The highest BCUT2D eigenvalue weighted by atomic mass is 19.1. The standard InChI is InChI=1S/C22H29FN4O2/c1-17-6-2-3-12-27(17)13-5-11-24-22(28)26-16-18-9-10-21(25-15-18)29-20-8-4-7-19(23)14-20/h4,7-10,14-15,17H,2-3,5-6,11-13,16H2,1H3,(H2,24,26,28). The predicted molar refractivity (Wildman–Crippen MR) is 110 cm³/mol. The Bertz CT molecular complexity index is 785. The number of halogens is 1. The summed E-state index contributed by atoms with van der Waals surface area (Å²) in [4.78, 5) is 18.7. The molecule has 3 rings (SSSR count). The van der Waals surface area contributed by atoms with Gasteiger partial charge in [0.15, 0.2) is 0 Å². The van der Waals surface area contributed by atoms with Crippen LogP contribution in [0.3, 0.4) is 0 Å². The molecule has 1 aromatic carbocycles. The minimum atomic E-state index is -0.361. The lowest BCUT2D eigenvalue weighted by atomic mass is 10.0. The zero-order valence-corrected chi connectivity index (χ0v) is 16.9. The number of piperidine rings is 1. The molecule has 1 atom stereocenters. The van der Waals surface area contributed by atoms with E-state index in [1.165, 1.54) is 37.9 Å². The van der Waals surface area contributed by atoms with Gasteiger partial charge in [0.2, 0.25) is 5.88 Å². The fraction of sp³-hybridized carbons (Fsp3) is 0.455. The van der Waals surface area contributed by atoms with Crippen molar-refractivity contribution in [1.29, 1.82) is 0 Å². The van der Waals surface area contributed by atoms with Crippen LogP contribution in [0.4, 0.5) is 9.18 Å². The van der Waals surface area contributed by atoms with Crippen LogP contribution in [-0.2, 0) is 6.54 Å². The van der Waals surface area contributed by atoms with E-state index < -0.39 is 0 Å². The summed E-state index contributed by atoms with van der Waals surface area (Å²) in [6.07, 6.45) is 6.45. The summed E-state index contributed by atoms with van der Waals surface area (Å²) in [5, 5.41) is 5.73. The van der Waals surface area contributed by atoms with Crippen molar-refractivity contribution in [3.05, 3.63) is 54.0 Å². The summed E-state index contributed by atoms with van der Waals surface area (Å²) in [5.41, 5.74) is 0.855. The summed E-state index contributed by atoms with van der Waals surface area (Å²) < 4.78 is 18.7. The van der Waals surface area contributed by atoms with E-state index in [0.29, 0.717) is 30.8 Å². The third kappa shape index (κ3) is 7.02. The van der Waals surface area contributed by atoms with Gasteiger partial charge in [-0.2, -0.15) is 0 Å². The quantitative estimate of drug-likeness (QED) is 0.656. The van der Waals surface area contributed by atoms with Crippen LogP contribution in [0.15, 0.2) is 42.6 Å². The molecule has 6 nitrogen and oxygen atoms in total. The molecule has 1 fully saturated rings. The number of aromatic nitrogens is 1. The monoisotopic (exact) mass is 400 g/mol. The Balaban J connectivity index is 1.33. The first-order chi connectivity index (χ1) is 14.1. The Labute approximate surface area is 171 Å². The average Bonchev–Trinajstić information content (AvgIpc) is 2.72. The summed E-state index contributed by atoms with van der Waals surface area (Å²) in [5.74, 6) is 0.400. The number of amides is 2. The molecule has 0 bridgehead atoms. The maximum absolute atomic E-state index is 13.2. The Morgan fingerprint density at radius 3 is 2.93 bits per heavy atom. The third-order valence-electron chi connectivity index (χ3n) is 5.12. The topological polar surface area (TPSA) is 66.5 Å². The molecule has 1 unspecified atom stereocenters. The number of nitrogens with one attached hydrogen (secondary N) is 2. The summed E-state index contributed by atoms with van der Waals surface area (Å²) in [6, 6.07) is 9.88. The fourth-order valence-corrected chi connectivity index (χ4v) is 3.45. The van der Waals surface area contributed by atoms with Gasteiger partial charge in [0, 0.05) is 44.0 Å². The number of hydrogen-bond acceptors (Lipinski definition) is 4. The van der Waals surface area contributed by atoms with Gasteiger partial charge >= 0.3 is 6.03 Å². The van der Waals surface area contributed by atoms with Gasteiger partial charge in [0.25, 0.3) is 0 Å². The predicted octanol–water partition coefficient (Wildman–Crippen LogP) is 4.08. The number of hydrogen-bond donors (Lipinski definition) is 2. The van der Waals surface area contributed by atoms with Gasteiger partial charge in [-0.25, -0.2) is 14.2 Å². The van der Waals surface area contributed by atoms with Gasteiger partial charge in [-0.15, -0.1) is 0 Å². The summed E-state index contributed by atoms with van der Waals surface area (Å²) >= 11 is 0. The van der Waals surface area contributed by atoms with E-state index in [4.69, 9.17) is 4.74 Å². The van der Waals surface area contributed by atoms with Gasteiger partial charge in [-0.1, -0.05) is 18.6 Å². The molecule has 2 amide bonds.